The number of halogens is 4. The van der Waals surface area contributed by atoms with Crippen molar-refractivity contribution >= 4 is 57.7 Å². The number of alkyl carbamates (subject to hydrolysis) is 1. The zero-order chi connectivity index (χ0) is 51.2. The fraction of sp³-hybridized carbons (Fsp3) is 0.491. The molecule has 72 heavy (non-hydrogen) atoms. The quantitative estimate of drug-likeness (QED) is 0.0718. The van der Waals surface area contributed by atoms with Crippen LogP contribution in [0.25, 0.3) is 22.0 Å². The van der Waals surface area contributed by atoms with Gasteiger partial charge < -0.3 is 39.2 Å². The van der Waals surface area contributed by atoms with Gasteiger partial charge in [0, 0.05) is 73.8 Å². The third kappa shape index (κ3) is 12.7. The number of amides is 1. The number of benzene rings is 4. The minimum absolute atomic E-state index is 0.00496. The monoisotopic (exact) mass is 1030 g/mol. The van der Waals surface area contributed by atoms with Crippen molar-refractivity contribution in [1.82, 2.24) is 20.2 Å². The van der Waals surface area contributed by atoms with E-state index < -0.39 is 35.2 Å². The number of carbonyl (C=O) groups is 2. The summed E-state index contributed by atoms with van der Waals surface area (Å²) >= 11 is 14.7. The fourth-order valence-corrected chi connectivity index (χ4v) is 11.1. The van der Waals surface area contributed by atoms with E-state index in [4.69, 9.17) is 52.1 Å². The van der Waals surface area contributed by atoms with Gasteiger partial charge >= 0.3 is 18.1 Å². The highest BCUT2D eigenvalue weighted by molar-refractivity contribution is 6.35. The molecule has 3 aliphatic rings. The van der Waals surface area contributed by atoms with E-state index >= 15 is 4.39 Å². The van der Waals surface area contributed by atoms with E-state index in [0.717, 1.165) is 54.9 Å². The highest BCUT2D eigenvalue weighted by atomic mass is 35.5. The third-order valence-electron chi connectivity index (χ3n) is 14.1. The molecule has 3 saturated heterocycles. The van der Waals surface area contributed by atoms with E-state index in [0.29, 0.717) is 104 Å². The molecule has 386 valence electrons. The first kappa shape index (κ1) is 52.7. The number of aromatic nitrogens is 2. The first-order valence-corrected chi connectivity index (χ1v) is 25.8. The first-order chi connectivity index (χ1) is 34.5. The Hall–Kier alpha value is -5.64. The maximum Gasteiger partial charge on any atom is 0.407 e. The number of ether oxygens (including phenoxy) is 4. The number of nitrogens with one attached hydrogen (secondary N) is 1. The summed E-state index contributed by atoms with van der Waals surface area (Å²) in [5.41, 5.74) is 2.72. The Bertz CT molecular complexity index is 2660. The Morgan fingerprint density at radius 3 is 2.26 bits per heavy atom. The number of rotatable bonds is 20. The summed E-state index contributed by atoms with van der Waals surface area (Å²) in [5, 5.41) is 13.3. The second-order valence-electron chi connectivity index (χ2n) is 20.4. The van der Waals surface area contributed by atoms with Crippen LogP contribution in [-0.4, -0.2) is 103 Å². The van der Waals surface area contributed by atoms with Gasteiger partial charge in [-0.05, 0) is 149 Å². The number of carbonyl (C=O) groups excluding carboxylic acids is 1. The van der Waals surface area contributed by atoms with Gasteiger partial charge in [0.1, 0.15) is 41.2 Å². The molecule has 3 atom stereocenters. The van der Waals surface area contributed by atoms with Crippen LogP contribution in [0.2, 0.25) is 10.0 Å². The third-order valence-corrected chi connectivity index (χ3v) is 14.7. The van der Waals surface area contributed by atoms with Gasteiger partial charge in [0.2, 0.25) is 0 Å². The molecule has 17 heteroatoms. The number of nitrogens with zero attached hydrogens (tertiary/aromatic N) is 5. The van der Waals surface area contributed by atoms with Crippen LogP contribution in [-0.2, 0) is 29.0 Å². The first-order valence-electron chi connectivity index (χ1n) is 25.0. The zero-order valence-electron chi connectivity index (χ0n) is 41.9. The van der Waals surface area contributed by atoms with Gasteiger partial charge in [-0.15, -0.1) is 0 Å². The summed E-state index contributed by atoms with van der Waals surface area (Å²) in [7, 11) is 3.24. The molecule has 0 spiro atoms. The molecule has 0 saturated carbocycles. The van der Waals surface area contributed by atoms with Crippen LogP contribution < -0.4 is 29.3 Å². The van der Waals surface area contributed by atoms with Gasteiger partial charge in [0.25, 0.3) is 0 Å². The lowest BCUT2D eigenvalue weighted by atomic mass is 9.92. The lowest BCUT2D eigenvalue weighted by Crippen LogP contribution is -2.43. The molecule has 13 nitrogen and oxygen atoms in total. The van der Waals surface area contributed by atoms with Crippen LogP contribution in [0.4, 0.5) is 25.1 Å². The van der Waals surface area contributed by atoms with E-state index in [1.165, 1.54) is 0 Å². The maximum absolute atomic E-state index is 18.2. The minimum atomic E-state index is -0.969. The molecule has 1 amide bonds. The second kappa shape index (κ2) is 23.1. The molecule has 2 N–H and O–H groups in total. The average molecular weight is 1030 g/mol. The molecule has 4 heterocycles. The van der Waals surface area contributed by atoms with Crippen molar-refractivity contribution in [3.05, 3.63) is 99.3 Å². The highest BCUT2D eigenvalue weighted by Gasteiger charge is 2.49. The van der Waals surface area contributed by atoms with E-state index in [1.807, 2.05) is 81.4 Å². The number of anilines is 2. The number of methoxy groups -OCH3 is 2. The summed E-state index contributed by atoms with van der Waals surface area (Å²) in [5.74, 6) is 0.481. The lowest BCUT2D eigenvalue weighted by Gasteiger charge is -2.35. The largest absolute Gasteiger partial charge is 0.497 e. The number of unbranched alkanes of at least 4 members (excludes halogenated alkanes) is 1. The van der Waals surface area contributed by atoms with Crippen LogP contribution in [0.5, 0.6) is 17.5 Å². The number of alkyl halides is 1. The van der Waals surface area contributed by atoms with Crippen LogP contribution in [0.1, 0.15) is 95.2 Å². The fourth-order valence-electron chi connectivity index (χ4n) is 10.5. The van der Waals surface area contributed by atoms with E-state index in [-0.39, 0.29) is 41.1 Å². The Kier molecular flexibility index (Phi) is 16.9. The van der Waals surface area contributed by atoms with Crippen molar-refractivity contribution in [3.8, 4) is 28.6 Å². The Morgan fingerprint density at radius 2 is 1.61 bits per heavy atom. The van der Waals surface area contributed by atoms with Crippen LogP contribution in [0.3, 0.4) is 0 Å². The van der Waals surface area contributed by atoms with E-state index in [9.17, 15) is 19.1 Å². The van der Waals surface area contributed by atoms with E-state index in [2.05, 4.69) is 20.0 Å². The predicted molar refractivity (Wildman–Crippen MR) is 278 cm³/mol. The van der Waals surface area contributed by atoms with Crippen LogP contribution >= 0.6 is 23.2 Å². The van der Waals surface area contributed by atoms with Gasteiger partial charge in [-0.1, -0.05) is 47.5 Å². The predicted octanol–water partition coefficient (Wildman–Crippen LogP) is 11.9. The van der Waals surface area contributed by atoms with Crippen LogP contribution in [0.15, 0.2) is 66.7 Å². The van der Waals surface area contributed by atoms with Gasteiger partial charge in [-0.3, -0.25) is 9.69 Å². The number of hydrogen-bond donors (Lipinski definition) is 2. The van der Waals surface area contributed by atoms with Gasteiger partial charge in [0.15, 0.2) is 5.82 Å². The second-order valence-corrected chi connectivity index (χ2v) is 21.2. The van der Waals surface area contributed by atoms with Gasteiger partial charge in [0.05, 0.1) is 24.8 Å². The summed E-state index contributed by atoms with van der Waals surface area (Å²) in [6.07, 6.45) is 4.19. The standard InChI is InChI=1S/C55H66Cl2F2N6O7/c1-54(2,3)72-53(68)60-23-21-35-10-8-24-63(30-35)51-44-28-46(57)48(49(59)50(44)61-52(62-51)71-34-55-22-9-25-65(55)33-38(58)29-55)43-26-39(27-45(56)42(43)11-6-7-12-47(66)67)64(31-36-13-17-40(69-4)18-14-36)32-37-15-19-41(70-5)20-16-37/h13-20,26-28,35,38H,6-12,21-25,29-34H2,1-5H3,(H,60,68)(H,66,67)/t35?,38-,55+/m1/s1. The minimum Gasteiger partial charge on any atom is -0.497 e. The Morgan fingerprint density at radius 1 is 0.917 bits per heavy atom. The smallest absolute Gasteiger partial charge is 0.407 e. The average Bonchev–Trinajstić information content (AvgIpc) is 3.88. The van der Waals surface area contributed by atoms with Crippen molar-refractivity contribution in [2.75, 3.05) is 63.4 Å². The number of carboxylic acids is 1. The summed E-state index contributed by atoms with van der Waals surface area (Å²) < 4.78 is 56.0. The molecule has 0 bridgehead atoms. The molecule has 0 aliphatic carbocycles. The molecule has 8 rings (SSSR count). The van der Waals surface area contributed by atoms with Crippen molar-refractivity contribution in [2.24, 2.45) is 5.92 Å². The molecular weight excluding hydrogens is 966 g/mol. The number of aliphatic carboxylic acids is 1. The summed E-state index contributed by atoms with van der Waals surface area (Å²) in [6.45, 7) is 9.25. The molecular formula is C55H66Cl2F2N6O7. The number of carboxylic acid groups (broad SMARTS) is 1. The number of fused-ring (bicyclic) bond motifs is 2. The Labute approximate surface area is 431 Å². The van der Waals surface area contributed by atoms with Crippen molar-refractivity contribution in [3.63, 3.8) is 0 Å². The molecule has 0 radical (unpaired) electrons. The molecule has 1 unspecified atom stereocenters. The van der Waals surface area contributed by atoms with Crippen molar-refractivity contribution in [2.45, 2.75) is 115 Å². The normalized spacial score (nSPS) is 19.0. The van der Waals surface area contributed by atoms with Gasteiger partial charge in [-0.25, -0.2) is 13.6 Å². The topological polar surface area (TPSA) is 139 Å². The number of piperidine rings is 1. The molecule has 3 aliphatic heterocycles. The summed E-state index contributed by atoms with van der Waals surface area (Å²) in [4.78, 5) is 40.3. The molecule has 3 fully saturated rings. The lowest BCUT2D eigenvalue weighted by molar-refractivity contribution is -0.137. The SMILES string of the molecule is COc1ccc(CN(Cc2ccc(OC)cc2)c2cc(Cl)c(CCCCC(=O)O)c(-c3c(Cl)cc4c(N5CCCC(CCNC(=O)OC(C)(C)C)C5)nc(OC[C@@]56CCCN5C[C@H](F)C6)nc4c3F)c2)cc1. The molecule has 1 aromatic heterocycles. The van der Waals surface area contributed by atoms with Gasteiger partial charge in [-0.2, -0.15) is 9.97 Å². The highest BCUT2D eigenvalue weighted by Crippen LogP contribution is 2.45. The van der Waals surface area contributed by atoms with Crippen molar-refractivity contribution < 1.29 is 42.4 Å². The maximum atomic E-state index is 18.2. The molecule has 4 aromatic carbocycles. The van der Waals surface area contributed by atoms with E-state index in [1.54, 1.807) is 20.3 Å². The van der Waals surface area contributed by atoms with Crippen LogP contribution in [0, 0.1) is 11.7 Å². The number of hydrogen-bond acceptors (Lipinski definition) is 11. The Balaban J connectivity index is 1.22. The zero-order valence-corrected chi connectivity index (χ0v) is 43.4. The van der Waals surface area contributed by atoms with Crippen molar-refractivity contribution in [1.29, 1.82) is 0 Å². The molecule has 5 aromatic rings. The summed E-state index contributed by atoms with van der Waals surface area (Å²) in [6, 6.07) is 21.1.